The van der Waals surface area contributed by atoms with E-state index in [1.165, 1.54) is 0 Å². The highest BCUT2D eigenvalue weighted by Gasteiger charge is 2.14. The molecule has 0 aliphatic carbocycles. The topological polar surface area (TPSA) is 34.6 Å². The Kier molecular flexibility index (Phi) is 3.13. The van der Waals surface area contributed by atoms with Gasteiger partial charge >= 0.3 is 0 Å². The summed E-state index contributed by atoms with van der Waals surface area (Å²) in [6, 6.07) is 13.9. The summed E-state index contributed by atoms with van der Waals surface area (Å²) in [5.74, 6) is 0.807. The minimum Gasteiger partial charge on any atom is -0.170 e. The first-order valence-electron chi connectivity index (χ1n) is 5.87. The molecule has 2 heterocycles. The third-order valence-electron chi connectivity index (χ3n) is 2.85. The average molecular weight is 316 g/mol. The zero-order valence-corrected chi connectivity index (χ0v) is 11.9. The lowest BCUT2D eigenvalue weighted by atomic mass is 10.2. The van der Waals surface area contributed by atoms with Crippen molar-refractivity contribution in [2.75, 3.05) is 0 Å². The van der Waals surface area contributed by atoms with Gasteiger partial charge in [0.15, 0.2) is 5.69 Å². The van der Waals surface area contributed by atoms with E-state index in [4.69, 9.17) is 0 Å². The molecule has 19 heavy (non-hydrogen) atoms. The molecule has 2 aromatic heterocycles. The zero-order chi connectivity index (χ0) is 13.2. The van der Waals surface area contributed by atoms with Gasteiger partial charge in [0.25, 0.3) is 5.82 Å². The van der Waals surface area contributed by atoms with Crippen molar-refractivity contribution >= 4 is 15.9 Å². The standard InChI is InChI=1S/C14H12BrN4/c1-18-13(11-5-7-12(15)8-6-11)10-19(17-18)14-4-2-3-9-16-14/h2-10H,1H3/q+1. The summed E-state index contributed by atoms with van der Waals surface area (Å²) < 4.78 is 4.69. The van der Waals surface area contributed by atoms with Gasteiger partial charge in [0.05, 0.1) is 7.05 Å². The molecular formula is C14H12BrN4+. The lowest BCUT2D eigenvalue weighted by Crippen LogP contribution is -2.33. The van der Waals surface area contributed by atoms with Crippen LogP contribution in [0, 0.1) is 0 Å². The molecule has 0 saturated heterocycles. The number of aryl methyl sites for hydroxylation is 1. The second-order valence-electron chi connectivity index (χ2n) is 4.17. The van der Waals surface area contributed by atoms with Crippen molar-refractivity contribution in [3.8, 4) is 17.1 Å². The van der Waals surface area contributed by atoms with E-state index in [1.807, 2.05) is 48.3 Å². The summed E-state index contributed by atoms with van der Waals surface area (Å²) >= 11 is 3.44. The molecule has 4 nitrogen and oxygen atoms in total. The molecule has 0 atom stereocenters. The summed E-state index contributed by atoms with van der Waals surface area (Å²) in [6.07, 6.45) is 3.74. The van der Waals surface area contributed by atoms with Gasteiger partial charge in [-0.05, 0) is 18.2 Å². The van der Waals surface area contributed by atoms with Crippen molar-refractivity contribution in [1.82, 2.24) is 14.9 Å². The third-order valence-corrected chi connectivity index (χ3v) is 3.38. The molecule has 5 heteroatoms. The number of hydrogen-bond donors (Lipinski definition) is 0. The lowest BCUT2D eigenvalue weighted by molar-refractivity contribution is -0.664. The number of nitrogens with zero attached hydrogens (tertiary/aromatic N) is 4. The first-order chi connectivity index (χ1) is 9.24. The molecule has 94 valence electrons. The van der Waals surface area contributed by atoms with Gasteiger partial charge in [0.2, 0.25) is 0 Å². The Morgan fingerprint density at radius 1 is 1.11 bits per heavy atom. The number of halogens is 1. The van der Waals surface area contributed by atoms with Gasteiger partial charge in [-0.25, -0.2) is 0 Å². The van der Waals surface area contributed by atoms with Crippen LogP contribution in [-0.2, 0) is 7.05 Å². The second-order valence-corrected chi connectivity index (χ2v) is 5.08. The van der Waals surface area contributed by atoms with Crippen LogP contribution in [-0.4, -0.2) is 14.9 Å². The molecule has 3 aromatic rings. The van der Waals surface area contributed by atoms with Gasteiger partial charge < -0.3 is 0 Å². The van der Waals surface area contributed by atoms with Crippen molar-refractivity contribution in [2.24, 2.45) is 7.05 Å². The highest BCUT2D eigenvalue weighted by Crippen LogP contribution is 2.19. The third kappa shape index (κ3) is 2.42. The van der Waals surface area contributed by atoms with E-state index < -0.39 is 0 Å². The lowest BCUT2D eigenvalue weighted by Gasteiger charge is -1.96. The van der Waals surface area contributed by atoms with Crippen LogP contribution in [0.5, 0.6) is 0 Å². The summed E-state index contributed by atoms with van der Waals surface area (Å²) in [6.45, 7) is 0. The molecule has 0 fully saturated rings. The summed E-state index contributed by atoms with van der Waals surface area (Å²) in [5.41, 5.74) is 2.16. The Morgan fingerprint density at radius 2 is 1.89 bits per heavy atom. The van der Waals surface area contributed by atoms with E-state index in [9.17, 15) is 0 Å². The van der Waals surface area contributed by atoms with E-state index in [0.29, 0.717) is 0 Å². The maximum Gasteiger partial charge on any atom is 0.285 e. The Bertz CT molecular complexity index is 689. The minimum atomic E-state index is 0.807. The van der Waals surface area contributed by atoms with Crippen LogP contribution in [0.1, 0.15) is 0 Å². The molecule has 0 aliphatic heterocycles. The fraction of sp³-hybridized carbons (Fsp3) is 0.0714. The minimum absolute atomic E-state index is 0.807. The molecule has 0 unspecified atom stereocenters. The first kappa shape index (κ1) is 12.0. The number of aromatic nitrogens is 4. The zero-order valence-electron chi connectivity index (χ0n) is 10.4. The van der Waals surface area contributed by atoms with Crippen molar-refractivity contribution in [3.63, 3.8) is 0 Å². The van der Waals surface area contributed by atoms with Crippen LogP contribution in [0.3, 0.4) is 0 Å². The predicted octanol–water partition coefficient (Wildman–Crippen LogP) is 2.52. The molecule has 1 aromatic carbocycles. The molecule has 0 amide bonds. The summed E-state index contributed by atoms with van der Waals surface area (Å²) in [4.78, 5) is 4.29. The van der Waals surface area contributed by atoms with Crippen molar-refractivity contribution in [1.29, 1.82) is 0 Å². The van der Waals surface area contributed by atoms with Gasteiger partial charge in [-0.15, -0.1) is 9.67 Å². The highest BCUT2D eigenvalue weighted by molar-refractivity contribution is 9.10. The maximum atomic E-state index is 4.44. The predicted molar refractivity (Wildman–Crippen MR) is 75.7 cm³/mol. The number of hydrogen-bond acceptors (Lipinski definition) is 2. The molecule has 0 saturated carbocycles. The number of benzene rings is 1. The van der Waals surface area contributed by atoms with Gasteiger partial charge in [-0.1, -0.05) is 34.1 Å². The first-order valence-corrected chi connectivity index (χ1v) is 6.67. The van der Waals surface area contributed by atoms with E-state index in [1.54, 1.807) is 10.9 Å². The molecule has 0 bridgehead atoms. The largest absolute Gasteiger partial charge is 0.285 e. The monoisotopic (exact) mass is 315 g/mol. The Balaban J connectivity index is 2.05. The van der Waals surface area contributed by atoms with Gasteiger partial charge in [-0.2, -0.15) is 4.68 Å². The van der Waals surface area contributed by atoms with Crippen molar-refractivity contribution < 1.29 is 4.68 Å². The van der Waals surface area contributed by atoms with E-state index in [0.717, 1.165) is 21.5 Å². The second kappa shape index (κ2) is 4.93. The van der Waals surface area contributed by atoms with Crippen LogP contribution in [0.2, 0.25) is 0 Å². The molecule has 0 radical (unpaired) electrons. The number of pyridine rings is 1. The number of rotatable bonds is 2. The quantitative estimate of drug-likeness (QED) is 0.681. The van der Waals surface area contributed by atoms with E-state index in [-0.39, 0.29) is 0 Å². The SMILES string of the molecule is Cn1n[n+](-c2ccccn2)cc1-c1ccc(Br)cc1. The smallest absolute Gasteiger partial charge is 0.170 e. The molecule has 0 spiro atoms. The summed E-state index contributed by atoms with van der Waals surface area (Å²) in [7, 11) is 1.93. The molecular weight excluding hydrogens is 304 g/mol. The fourth-order valence-corrected chi connectivity index (χ4v) is 2.17. The maximum absolute atomic E-state index is 4.44. The molecule has 0 aliphatic rings. The van der Waals surface area contributed by atoms with E-state index >= 15 is 0 Å². The normalized spacial score (nSPS) is 10.6. The Labute approximate surface area is 119 Å². The van der Waals surface area contributed by atoms with Crippen LogP contribution in [0.4, 0.5) is 0 Å². The van der Waals surface area contributed by atoms with Crippen LogP contribution in [0.25, 0.3) is 17.1 Å². The van der Waals surface area contributed by atoms with Gasteiger partial charge in [0.1, 0.15) is 12.4 Å². The Morgan fingerprint density at radius 3 is 2.58 bits per heavy atom. The average Bonchev–Trinajstić information content (AvgIpc) is 2.83. The highest BCUT2D eigenvalue weighted by atomic mass is 79.9. The van der Waals surface area contributed by atoms with Crippen LogP contribution < -0.4 is 4.68 Å². The summed E-state index contributed by atoms with van der Waals surface area (Å²) in [5, 5.41) is 4.44. The molecule has 3 rings (SSSR count). The Hall–Kier alpha value is -2.01. The molecule has 0 N–H and O–H groups in total. The van der Waals surface area contributed by atoms with Crippen LogP contribution in [0.15, 0.2) is 59.3 Å². The van der Waals surface area contributed by atoms with Crippen LogP contribution >= 0.6 is 15.9 Å². The van der Waals surface area contributed by atoms with Gasteiger partial charge in [0, 0.05) is 21.3 Å². The fourth-order valence-electron chi connectivity index (χ4n) is 1.90. The van der Waals surface area contributed by atoms with Crippen molar-refractivity contribution in [3.05, 3.63) is 59.3 Å². The van der Waals surface area contributed by atoms with Gasteiger partial charge in [-0.3, -0.25) is 0 Å². The van der Waals surface area contributed by atoms with E-state index in [2.05, 4.69) is 38.3 Å². The van der Waals surface area contributed by atoms with Crippen molar-refractivity contribution in [2.45, 2.75) is 0 Å².